The summed E-state index contributed by atoms with van der Waals surface area (Å²) in [5, 5.41) is 0. The second kappa shape index (κ2) is 5.33. The van der Waals surface area contributed by atoms with Gasteiger partial charge < -0.3 is 0 Å². The predicted octanol–water partition coefficient (Wildman–Crippen LogP) is 4.38. The molecule has 0 fully saturated rings. The second-order valence-electron chi connectivity index (χ2n) is 5.69. The van der Waals surface area contributed by atoms with Crippen molar-refractivity contribution in [1.29, 1.82) is 0 Å². The number of benzene rings is 2. The lowest BCUT2D eigenvalue weighted by molar-refractivity contribution is -0.441. The van der Waals surface area contributed by atoms with Crippen LogP contribution in [0.2, 0.25) is 0 Å². The number of rotatable bonds is 3. The molecule has 1 aliphatic heterocycles. The molecule has 1 heteroatoms. The van der Waals surface area contributed by atoms with Crippen LogP contribution in [0.3, 0.4) is 0 Å². The fourth-order valence-electron chi connectivity index (χ4n) is 3.56. The van der Waals surface area contributed by atoms with Crippen LogP contribution in [0.15, 0.2) is 72.4 Å². The van der Waals surface area contributed by atoms with Gasteiger partial charge in [-0.05, 0) is 11.1 Å². The van der Waals surface area contributed by atoms with Crippen molar-refractivity contribution in [1.82, 2.24) is 0 Å². The largest absolute Gasteiger partial charge is 0.205 e. The Bertz CT molecular complexity index is 654. The van der Waals surface area contributed by atoms with E-state index in [1.54, 1.807) is 0 Å². The van der Waals surface area contributed by atoms with Crippen LogP contribution in [0.25, 0.3) is 0 Å². The van der Waals surface area contributed by atoms with Gasteiger partial charge in [-0.2, -0.15) is 0 Å². The summed E-state index contributed by atoms with van der Waals surface area (Å²) >= 11 is 0. The molecule has 0 saturated heterocycles. The van der Waals surface area contributed by atoms with Gasteiger partial charge in [0.2, 0.25) is 0 Å². The molecule has 2 aromatic carbocycles. The van der Waals surface area contributed by atoms with E-state index in [2.05, 4.69) is 92.2 Å². The Morgan fingerprint density at radius 2 is 1.33 bits per heavy atom. The summed E-state index contributed by atoms with van der Waals surface area (Å²) in [7, 11) is 2.18. The van der Waals surface area contributed by atoms with Crippen LogP contribution < -0.4 is 0 Å². The Balaban J connectivity index is 2.33. The van der Waals surface area contributed by atoms with E-state index in [1.165, 1.54) is 22.5 Å². The summed E-state index contributed by atoms with van der Waals surface area (Å²) < 4.78 is 2.35. The molecule has 0 amide bonds. The van der Waals surface area contributed by atoms with E-state index in [1.807, 2.05) is 0 Å². The molecule has 0 spiro atoms. The van der Waals surface area contributed by atoms with E-state index in [-0.39, 0.29) is 5.41 Å². The van der Waals surface area contributed by atoms with Crippen molar-refractivity contribution in [3.05, 3.63) is 83.6 Å². The van der Waals surface area contributed by atoms with Crippen molar-refractivity contribution in [2.75, 3.05) is 7.05 Å². The van der Waals surface area contributed by atoms with Gasteiger partial charge in [0.05, 0.1) is 0 Å². The molecule has 106 valence electrons. The van der Waals surface area contributed by atoms with Gasteiger partial charge in [-0.25, -0.2) is 4.58 Å². The smallest absolute Gasteiger partial charge is 0.176 e. The maximum absolute atomic E-state index is 2.41. The summed E-state index contributed by atoms with van der Waals surface area (Å²) in [6.45, 7) is 4.45. The number of allylic oxidation sites excluding steroid dienone is 2. The van der Waals surface area contributed by atoms with Crippen molar-refractivity contribution in [2.45, 2.75) is 25.7 Å². The molecule has 0 aromatic heterocycles. The Morgan fingerprint density at radius 1 is 0.857 bits per heavy atom. The Labute approximate surface area is 127 Å². The molecule has 1 aliphatic rings. The first kappa shape index (κ1) is 13.8. The second-order valence-corrected chi connectivity index (χ2v) is 5.69. The zero-order chi connectivity index (χ0) is 14.9. The highest BCUT2D eigenvalue weighted by molar-refractivity contribution is 5.98. The fraction of sp³-hybridized carbons (Fsp3) is 0.250. The van der Waals surface area contributed by atoms with E-state index in [9.17, 15) is 0 Å². The molecular formula is C20H22N+. The molecule has 2 aromatic rings. The van der Waals surface area contributed by atoms with Crippen molar-refractivity contribution in [3.8, 4) is 0 Å². The minimum absolute atomic E-state index is 0.129. The van der Waals surface area contributed by atoms with Crippen molar-refractivity contribution in [3.63, 3.8) is 0 Å². The first-order chi connectivity index (χ1) is 10.2. The molecule has 0 N–H and O–H groups in total. The first-order valence-electron chi connectivity index (χ1n) is 7.60. The predicted molar refractivity (Wildman–Crippen MR) is 88.9 cm³/mol. The van der Waals surface area contributed by atoms with E-state index in [0.29, 0.717) is 0 Å². The summed E-state index contributed by atoms with van der Waals surface area (Å²) in [5.74, 6) is 0. The molecule has 0 atom stereocenters. The van der Waals surface area contributed by atoms with Crippen LogP contribution in [0.4, 0.5) is 0 Å². The Morgan fingerprint density at radius 3 is 1.76 bits per heavy atom. The molecule has 1 nitrogen and oxygen atoms in total. The standard InChI is InChI=1S/C20H22N/c1-4-19-20(15-16(2)21(19)3,17-11-7-5-8-12-17)18-13-9-6-10-14-18/h5-15H,4H2,1-3H3/q+1. The van der Waals surface area contributed by atoms with Gasteiger partial charge in [0.15, 0.2) is 11.4 Å². The molecule has 0 bridgehead atoms. The summed E-state index contributed by atoms with van der Waals surface area (Å²) in [6, 6.07) is 21.7. The number of nitrogens with zero attached hydrogens (tertiary/aromatic N) is 1. The van der Waals surface area contributed by atoms with Gasteiger partial charge in [0.1, 0.15) is 12.5 Å². The zero-order valence-corrected chi connectivity index (χ0v) is 13.0. The highest BCUT2D eigenvalue weighted by Crippen LogP contribution is 2.40. The van der Waals surface area contributed by atoms with E-state index >= 15 is 0 Å². The third kappa shape index (κ3) is 2.04. The van der Waals surface area contributed by atoms with Crippen LogP contribution in [-0.2, 0) is 5.41 Å². The minimum atomic E-state index is -0.129. The van der Waals surface area contributed by atoms with Crippen LogP contribution in [0.1, 0.15) is 31.4 Å². The Kier molecular flexibility index (Phi) is 3.50. The maximum Gasteiger partial charge on any atom is 0.176 e. The number of hydrogen-bond donors (Lipinski definition) is 0. The fourth-order valence-corrected chi connectivity index (χ4v) is 3.56. The van der Waals surface area contributed by atoms with Crippen LogP contribution >= 0.6 is 0 Å². The molecule has 0 radical (unpaired) electrons. The molecular weight excluding hydrogens is 254 g/mol. The average Bonchev–Trinajstić information content (AvgIpc) is 2.81. The first-order valence-corrected chi connectivity index (χ1v) is 7.60. The lowest BCUT2D eigenvalue weighted by atomic mass is 9.70. The van der Waals surface area contributed by atoms with Gasteiger partial charge in [0.25, 0.3) is 0 Å². The van der Waals surface area contributed by atoms with Gasteiger partial charge in [-0.3, -0.25) is 0 Å². The van der Waals surface area contributed by atoms with Crippen LogP contribution in [0, 0.1) is 0 Å². The van der Waals surface area contributed by atoms with Gasteiger partial charge in [-0.15, -0.1) is 0 Å². The lowest BCUT2D eigenvalue weighted by Crippen LogP contribution is -2.35. The molecule has 21 heavy (non-hydrogen) atoms. The summed E-state index contributed by atoms with van der Waals surface area (Å²) in [4.78, 5) is 0. The Hall–Kier alpha value is -2.15. The zero-order valence-electron chi connectivity index (χ0n) is 13.0. The monoisotopic (exact) mass is 276 g/mol. The molecule has 1 heterocycles. The topological polar surface area (TPSA) is 3.01 Å². The molecule has 0 unspecified atom stereocenters. The van der Waals surface area contributed by atoms with Gasteiger partial charge >= 0.3 is 0 Å². The lowest BCUT2D eigenvalue weighted by Gasteiger charge is -2.27. The maximum atomic E-state index is 2.41. The van der Waals surface area contributed by atoms with Crippen molar-refractivity contribution in [2.24, 2.45) is 0 Å². The normalized spacial score (nSPS) is 17.0. The minimum Gasteiger partial charge on any atom is -0.205 e. The summed E-state index contributed by atoms with van der Waals surface area (Å²) in [5.41, 5.74) is 5.32. The van der Waals surface area contributed by atoms with Crippen LogP contribution in [0.5, 0.6) is 0 Å². The highest BCUT2D eigenvalue weighted by Gasteiger charge is 2.46. The quantitative estimate of drug-likeness (QED) is 0.732. The SMILES string of the molecule is CCC1=[N+](C)C(C)=CC1(c1ccccc1)c1ccccc1. The van der Waals surface area contributed by atoms with Gasteiger partial charge in [-0.1, -0.05) is 67.6 Å². The van der Waals surface area contributed by atoms with Crippen LogP contribution in [-0.4, -0.2) is 17.3 Å². The third-order valence-electron chi connectivity index (χ3n) is 4.61. The van der Waals surface area contributed by atoms with Crippen molar-refractivity contribution < 1.29 is 4.58 Å². The molecule has 0 saturated carbocycles. The number of hydrogen-bond acceptors (Lipinski definition) is 0. The van der Waals surface area contributed by atoms with E-state index < -0.39 is 0 Å². The van der Waals surface area contributed by atoms with E-state index in [4.69, 9.17) is 0 Å². The van der Waals surface area contributed by atoms with Gasteiger partial charge in [0, 0.05) is 19.4 Å². The highest BCUT2D eigenvalue weighted by atomic mass is 15.0. The molecule has 0 aliphatic carbocycles. The van der Waals surface area contributed by atoms with Crippen molar-refractivity contribution >= 4 is 5.71 Å². The third-order valence-corrected chi connectivity index (χ3v) is 4.61. The summed E-state index contributed by atoms with van der Waals surface area (Å²) in [6.07, 6.45) is 3.45. The average molecular weight is 276 g/mol. The molecule has 3 rings (SSSR count). The van der Waals surface area contributed by atoms with E-state index in [0.717, 1.165) is 6.42 Å².